The zero-order valence-electron chi connectivity index (χ0n) is 14.9. The minimum Gasteiger partial charge on any atom is -0.340 e. The molecule has 4 saturated carbocycles. The van der Waals surface area contributed by atoms with E-state index in [1.54, 1.807) is 0 Å². The number of carbonyl (C=O) groups is 2. The van der Waals surface area contributed by atoms with Crippen molar-refractivity contribution in [3.05, 3.63) is 0 Å². The number of rotatable bonds is 4. The van der Waals surface area contributed by atoms with E-state index < -0.39 is 0 Å². The Labute approximate surface area is 156 Å². The van der Waals surface area contributed by atoms with Crippen LogP contribution in [0.1, 0.15) is 44.9 Å². The van der Waals surface area contributed by atoms with Gasteiger partial charge in [-0.15, -0.1) is 12.4 Å². The van der Waals surface area contributed by atoms with Crippen molar-refractivity contribution in [1.82, 2.24) is 20.9 Å². The molecule has 0 aromatic heterocycles. The maximum absolute atomic E-state index is 12.3. The van der Waals surface area contributed by atoms with Gasteiger partial charge in [0.1, 0.15) is 0 Å². The third-order valence-electron chi connectivity index (χ3n) is 6.51. The molecule has 0 atom stereocenters. The standard InChI is InChI=1S/C18H30N4O2.ClH/c23-16(22-5-3-19-4-6-22)1-2-20-17(24)21-18-10-13-7-14(11-18)9-15(8-13)12-18;/h13-15,19H,1-12H2,(H2,20,21,24);1H. The van der Waals surface area contributed by atoms with Crippen molar-refractivity contribution < 1.29 is 9.59 Å². The fourth-order valence-electron chi connectivity index (χ4n) is 5.90. The quantitative estimate of drug-likeness (QED) is 0.702. The summed E-state index contributed by atoms with van der Waals surface area (Å²) in [5.74, 6) is 2.62. The summed E-state index contributed by atoms with van der Waals surface area (Å²) in [6.07, 6.45) is 8.00. The van der Waals surface area contributed by atoms with Gasteiger partial charge in [0.15, 0.2) is 0 Å². The van der Waals surface area contributed by atoms with E-state index in [-0.39, 0.29) is 29.9 Å². The Morgan fingerprint density at radius 2 is 1.56 bits per heavy atom. The second-order valence-corrected chi connectivity index (χ2v) is 8.46. The van der Waals surface area contributed by atoms with Gasteiger partial charge in [0.05, 0.1) is 0 Å². The van der Waals surface area contributed by atoms with Crippen LogP contribution in [0.25, 0.3) is 0 Å². The predicted octanol–water partition coefficient (Wildman–Crippen LogP) is 1.50. The van der Waals surface area contributed by atoms with Crippen LogP contribution in [0.3, 0.4) is 0 Å². The van der Waals surface area contributed by atoms with Crippen LogP contribution in [-0.2, 0) is 4.79 Å². The summed E-state index contributed by atoms with van der Waals surface area (Å²) in [7, 11) is 0. The molecule has 7 heteroatoms. The summed E-state index contributed by atoms with van der Waals surface area (Å²) in [5.41, 5.74) is 0.0430. The summed E-state index contributed by atoms with van der Waals surface area (Å²) in [6.45, 7) is 3.72. The number of amides is 3. The first-order valence-electron chi connectivity index (χ1n) is 9.66. The second kappa shape index (κ2) is 7.70. The van der Waals surface area contributed by atoms with Crippen LogP contribution in [0.2, 0.25) is 0 Å². The summed E-state index contributed by atoms with van der Waals surface area (Å²) in [6, 6.07) is -0.0786. The average Bonchev–Trinajstić information content (AvgIpc) is 2.53. The van der Waals surface area contributed by atoms with Crippen molar-refractivity contribution in [3.63, 3.8) is 0 Å². The first-order chi connectivity index (χ1) is 11.6. The zero-order valence-corrected chi connectivity index (χ0v) is 15.7. The third-order valence-corrected chi connectivity index (χ3v) is 6.51. The first-order valence-corrected chi connectivity index (χ1v) is 9.66. The number of piperazine rings is 1. The SMILES string of the molecule is Cl.O=C(NCCC(=O)N1CCNCC1)NC12CC3CC(CC(C3)C1)C2. The van der Waals surface area contributed by atoms with Crippen molar-refractivity contribution in [2.24, 2.45) is 17.8 Å². The van der Waals surface area contributed by atoms with Crippen LogP contribution in [-0.4, -0.2) is 55.1 Å². The molecule has 25 heavy (non-hydrogen) atoms. The summed E-state index contributed by atoms with van der Waals surface area (Å²) in [5, 5.41) is 9.45. The Hall–Kier alpha value is -1.01. The maximum Gasteiger partial charge on any atom is 0.315 e. The molecule has 5 fully saturated rings. The number of halogens is 1. The van der Waals surface area contributed by atoms with E-state index in [4.69, 9.17) is 0 Å². The van der Waals surface area contributed by atoms with Gasteiger partial charge in [-0.25, -0.2) is 4.79 Å². The van der Waals surface area contributed by atoms with E-state index in [0.29, 0.717) is 13.0 Å². The smallest absolute Gasteiger partial charge is 0.315 e. The highest BCUT2D eigenvalue weighted by Crippen LogP contribution is 2.55. The molecule has 4 aliphatic carbocycles. The molecule has 4 bridgehead atoms. The van der Waals surface area contributed by atoms with Crippen LogP contribution in [0.15, 0.2) is 0 Å². The summed E-state index contributed by atoms with van der Waals surface area (Å²) >= 11 is 0. The van der Waals surface area contributed by atoms with Gasteiger partial charge >= 0.3 is 6.03 Å². The molecule has 1 saturated heterocycles. The number of carbonyl (C=O) groups excluding carboxylic acids is 2. The zero-order chi connectivity index (χ0) is 16.6. The second-order valence-electron chi connectivity index (χ2n) is 8.46. The van der Waals surface area contributed by atoms with Crippen LogP contribution in [0.5, 0.6) is 0 Å². The van der Waals surface area contributed by atoms with E-state index in [1.807, 2.05) is 4.90 Å². The molecule has 0 spiro atoms. The molecule has 142 valence electrons. The number of hydrogen-bond donors (Lipinski definition) is 3. The third kappa shape index (κ3) is 4.22. The Balaban J connectivity index is 0.00000182. The molecular weight excluding hydrogens is 340 g/mol. The lowest BCUT2D eigenvalue weighted by Gasteiger charge is -2.56. The lowest BCUT2D eigenvalue weighted by Crippen LogP contribution is -2.61. The van der Waals surface area contributed by atoms with E-state index in [1.165, 1.54) is 19.3 Å². The van der Waals surface area contributed by atoms with Crippen LogP contribution in [0, 0.1) is 17.8 Å². The van der Waals surface area contributed by atoms with Gasteiger partial charge < -0.3 is 20.9 Å². The minimum atomic E-state index is -0.0786. The molecule has 0 unspecified atom stereocenters. The molecule has 1 aliphatic heterocycles. The molecular formula is C18H31ClN4O2. The molecule has 5 aliphatic rings. The van der Waals surface area contributed by atoms with Gasteiger partial charge in [-0.1, -0.05) is 0 Å². The number of urea groups is 1. The lowest BCUT2D eigenvalue weighted by atomic mass is 9.53. The van der Waals surface area contributed by atoms with Gasteiger partial charge in [0.2, 0.25) is 5.91 Å². The largest absolute Gasteiger partial charge is 0.340 e. The number of nitrogens with zero attached hydrogens (tertiary/aromatic N) is 1. The van der Waals surface area contributed by atoms with Crippen molar-refractivity contribution in [2.45, 2.75) is 50.5 Å². The Morgan fingerprint density at radius 3 is 2.12 bits per heavy atom. The van der Waals surface area contributed by atoms with Crippen LogP contribution < -0.4 is 16.0 Å². The molecule has 3 amide bonds. The van der Waals surface area contributed by atoms with Gasteiger partial charge in [0, 0.05) is 44.7 Å². The van der Waals surface area contributed by atoms with Gasteiger partial charge in [-0.3, -0.25) is 4.79 Å². The molecule has 0 radical (unpaired) electrons. The molecule has 1 heterocycles. The van der Waals surface area contributed by atoms with E-state index in [9.17, 15) is 9.59 Å². The average molecular weight is 371 g/mol. The van der Waals surface area contributed by atoms with E-state index in [2.05, 4.69) is 16.0 Å². The van der Waals surface area contributed by atoms with Crippen LogP contribution in [0.4, 0.5) is 4.79 Å². The fraction of sp³-hybridized carbons (Fsp3) is 0.889. The highest BCUT2D eigenvalue weighted by Gasteiger charge is 2.51. The topological polar surface area (TPSA) is 73.5 Å². The Kier molecular flexibility index (Phi) is 5.78. The summed E-state index contributed by atoms with van der Waals surface area (Å²) < 4.78 is 0. The Bertz CT molecular complexity index is 472. The van der Waals surface area contributed by atoms with E-state index >= 15 is 0 Å². The Morgan fingerprint density at radius 1 is 1.00 bits per heavy atom. The van der Waals surface area contributed by atoms with Crippen molar-refractivity contribution in [3.8, 4) is 0 Å². The lowest BCUT2D eigenvalue weighted by molar-refractivity contribution is -0.131. The monoisotopic (exact) mass is 370 g/mol. The van der Waals surface area contributed by atoms with Crippen molar-refractivity contribution in [2.75, 3.05) is 32.7 Å². The molecule has 6 nitrogen and oxygen atoms in total. The normalized spacial score (nSPS) is 35.8. The fourth-order valence-corrected chi connectivity index (χ4v) is 5.90. The van der Waals surface area contributed by atoms with Gasteiger partial charge in [-0.2, -0.15) is 0 Å². The van der Waals surface area contributed by atoms with E-state index in [0.717, 1.165) is 63.2 Å². The highest BCUT2D eigenvalue weighted by atomic mass is 35.5. The maximum atomic E-state index is 12.3. The predicted molar refractivity (Wildman–Crippen MR) is 98.8 cm³/mol. The van der Waals surface area contributed by atoms with Crippen molar-refractivity contribution >= 4 is 24.3 Å². The van der Waals surface area contributed by atoms with Gasteiger partial charge in [0.25, 0.3) is 0 Å². The molecule has 3 N–H and O–H groups in total. The summed E-state index contributed by atoms with van der Waals surface area (Å²) in [4.78, 5) is 26.3. The highest BCUT2D eigenvalue weighted by molar-refractivity contribution is 5.85. The van der Waals surface area contributed by atoms with Crippen molar-refractivity contribution in [1.29, 1.82) is 0 Å². The van der Waals surface area contributed by atoms with Crippen LogP contribution >= 0.6 is 12.4 Å². The molecule has 5 rings (SSSR count). The number of nitrogens with one attached hydrogen (secondary N) is 3. The molecule has 0 aromatic rings. The number of hydrogen-bond acceptors (Lipinski definition) is 3. The minimum absolute atomic E-state index is 0. The first kappa shape index (κ1) is 18.8. The molecule has 0 aromatic carbocycles. The van der Waals surface area contributed by atoms with Gasteiger partial charge in [-0.05, 0) is 56.3 Å².